The molecular formula is C10H22N2O3. The van der Waals surface area contributed by atoms with Crippen LogP contribution in [0.15, 0.2) is 0 Å². The van der Waals surface area contributed by atoms with Gasteiger partial charge in [-0.15, -0.1) is 0 Å². The van der Waals surface area contributed by atoms with Crippen LogP contribution in [0.2, 0.25) is 0 Å². The van der Waals surface area contributed by atoms with Gasteiger partial charge < -0.3 is 20.9 Å². The number of aliphatic hydroxyl groups is 1. The van der Waals surface area contributed by atoms with Crippen LogP contribution in [-0.2, 0) is 9.53 Å². The second-order valence-electron chi connectivity index (χ2n) is 3.62. The van der Waals surface area contributed by atoms with Crippen LogP contribution in [0.3, 0.4) is 0 Å². The van der Waals surface area contributed by atoms with Gasteiger partial charge in [0.2, 0.25) is 5.91 Å². The fourth-order valence-corrected chi connectivity index (χ4v) is 1.07. The molecule has 5 heteroatoms. The number of ether oxygens (including phenoxy) is 1. The van der Waals surface area contributed by atoms with E-state index in [4.69, 9.17) is 15.6 Å². The lowest BCUT2D eigenvalue weighted by molar-refractivity contribution is -0.125. The average molecular weight is 218 g/mol. The second kappa shape index (κ2) is 9.89. The molecule has 1 unspecified atom stereocenters. The summed E-state index contributed by atoms with van der Waals surface area (Å²) in [5.41, 5.74) is 5.20. The van der Waals surface area contributed by atoms with Crippen molar-refractivity contribution < 1.29 is 14.6 Å². The summed E-state index contributed by atoms with van der Waals surface area (Å²) in [5, 5.41) is 11.5. The highest BCUT2D eigenvalue weighted by molar-refractivity contribution is 5.77. The van der Waals surface area contributed by atoms with Crippen molar-refractivity contribution in [2.45, 2.75) is 19.8 Å². The van der Waals surface area contributed by atoms with Gasteiger partial charge in [0.05, 0.1) is 6.61 Å². The van der Waals surface area contributed by atoms with Gasteiger partial charge in [-0.3, -0.25) is 4.79 Å². The number of nitrogens with one attached hydrogen (secondary N) is 1. The molecule has 0 aromatic heterocycles. The van der Waals surface area contributed by atoms with Gasteiger partial charge in [-0.25, -0.2) is 0 Å². The molecule has 5 nitrogen and oxygen atoms in total. The third kappa shape index (κ3) is 9.65. The van der Waals surface area contributed by atoms with Gasteiger partial charge >= 0.3 is 0 Å². The lowest BCUT2D eigenvalue weighted by Crippen LogP contribution is -2.29. The second-order valence-corrected chi connectivity index (χ2v) is 3.62. The Morgan fingerprint density at radius 1 is 1.60 bits per heavy atom. The molecule has 0 heterocycles. The molecule has 0 aliphatic rings. The standard InChI is InChI=1S/C10H22N2O3/c1-9(7-13)3-2-5-12-10(14)8-15-6-4-11/h9,13H,2-8,11H2,1H3,(H,12,14). The molecule has 0 spiro atoms. The van der Waals surface area contributed by atoms with Crippen molar-refractivity contribution in [2.24, 2.45) is 11.7 Å². The molecule has 0 bridgehead atoms. The van der Waals surface area contributed by atoms with Crippen molar-refractivity contribution in [1.82, 2.24) is 5.32 Å². The molecule has 1 atom stereocenters. The highest BCUT2D eigenvalue weighted by atomic mass is 16.5. The number of rotatable bonds is 9. The topological polar surface area (TPSA) is 84.6 Å². The zero-order valence-electron chi connectivity index (χ0n) is 9.37. The minimum Gasteiger partial charge on any atom is -0.396 e. The molecule has 1 amide bonds. The normalized spacial score (nSPS) is 12.5. The Hall–Kier alpha value is -0.650. The van der Waals surface area contributed by atoms with Crippen molar-refractivity contribution >= 4 is 5.91 Å². The van der Waals surface area contributed by atoms with Crippen LogP contribution in [-0.4, -0.2) is 43.9 Å². The third-order valence-corrected chi connectivity index (χ3v) is 2.00. The summed E-state index contributed by atoms with van der Waals surface area (Å²) in [6.07, 6.45) is 1.80. The number of hydrogen-bond donors (Lipinski definition) is 3. The molecular weight excluding hydrogens is 196 g/mol. The number of carbonyl (C=O) groups is 1. The first-order valence-electron chi connectivity index (χ1n) is 5.36. The molecule has 0 rings (SSSR count). The van der Waals surface area contributed by atoms with Gasteiger partial charge in [0.15, 0.2) is 0 Å². The van der Waals surface area contributed by atoms with Crippen molar-refractivity contribution in [3.05, 3.63) is 0 Å². The van der Waals surface area contributed by atoms with Gasteiger partial charge in [-0.05, 0) is 18.8 Å². The van der Waals surface area contributed by atoms with Gasteiger partial charge in [0, 0.05) is 19.7 Å². The zero-order valence-corrected chi connectivity index (χ0v) is 9.37. The summed E-state index contributed by atoms with van der Waals surface area (Å²) in [6.45, 7) is 3.73. The Kier molecular flexibility index (Phi) is 9.46. The van der Waals surface area contributed by atoms with Crippen molar-refractivity contribution in [2.75, 3.05) is 32.9 Å². The van der Waals surface area contributed by atoms with E-state index < -0.39 is 0 Å². The van der Waals surface area contributed by atoms with E-state index in [0.717, 1.165) is 12.8 Å². The van der Waals surface area contributed by atoms with Crippen LogP contribution in [0.1, 0.15) is 19.8 Å². The first kappa shape index (κ1) is 14.3. The van der Waals surface area contributed by atoms with Crippen LogP contribution in [0.25, 0.3) is 0 Å². The smallest absolute Gasteiger partial charge is 0.245 e. The minimum atomic E-state index is -0.111. The van der Waals surface area contributed by atoms with E-state index in [0.29, 0.717) is 25.6 Å². The van der Waals surface area contributed by atoms with Crippen molar-refractivity contribution in [1.29, 1.82) is 0 Å². The predicted molar refractivity (Wildman–Crippen MR) is 58.4 cm³/mol. The summed E-state index contributed by atoms with van der Waals surface area (Å²) in [4.78, 5) is 11.1. The molecule has 0 radical (unpaired) electrons. The molecule has 0 fully saturated rings. The van der Waals surface area contributed by atoms with E-state index >= 15 is 0 Å². The first-order chi connectivity index (χ1) is 7.20. The number of nitrogens with two attached hydrogens (primary N) is 1. The molecule has 90 valence electrons. The van der Waals surface area contributed by atoms with Gasteiger partial charge in [0.25, 0.3) is 0 Å². The van der Waals surface area contributed by atoms with E-state index in [1.165, 1.54) is 0 Å². The lowest BCUT2D eigenvalue weighted by Gasteiger charge is -2.08. The highest BCUT2D eigenvalue weighted by Crippen LogP contribution is 2.02. The monoisotopic (exact) mass is 218 g/mol. The van der Waals surface area contributed by atoms with Crippen LogP contribution < -0.4 is 11.1 Å². The van der Waals surface area contributed by atoms with Crippen LogP contribution in [0.5, 0.6) is 0 Å². The molecule has 0 aromatic rings. The number of aliphatic hydroxyl groups excluding tert-OH is 1. The molecule has 0 aliphatic heterocycles. The maximum absolute atomic E-state index is 11.1. The van der Waals surface area contributed by atoms with Crippen LogP contribution in [0.4, 0.5) is 0 Å². The summed E-state index contributed by atoms with van der Waals surface area (Å²) < 4.78 is 4.97. The van der Waals surface area contributed by atoms with Gasteiger partial charge in [-0.2, -0.15) is 0 Å². The molecule has 0 aliphatic carbocycles. The number of hydrogen-bond acceptors (Lipinski definition) is 4. The zero-order chi connectivity index (χ0) is 11.5. The SMILES string of the molecule is CC(CO)CCCNC(=O)COCCN. The van der Waals surface area contributed by atoms with Gasteiger partial charge in [0.1, 0.15) is 6.61 Å². The Balaban J connectivity index is 3.23. The van der Waals surface area contributed by atoms with E-state index in [-0.39, 0.29) is 19.1 Å². The third-order valence-electron chi connectivity index (χ3n) is 2.00. The fraction of sp³-hybridized carbons (Fsp3) is 0.900. The Labute approximate surface area is 91.0 Å². The molecule has 0 aromatic carbocycles. The highest BCUT2D eigenvalue weighted by Gasteiger charge is 2.02. The first-order valence-corrected chi connectivity index (χ1v) is 5.36. The summed E-state index contributed by atoms with van der Waals surface area (Å²) in [6, 6.07) is 0. The number of carbonyl (C=O) groups excluding carboxylic acids is 1. The molecule has 4 N–H and O–H groups in total. The summed E-state index contributed by atoms with van der Waals surface area (Å²) in [5.74, 6) is 0.190. The van der Waals surface area contributed by atoms with Crippen molar-refractivity contribution in [3.63, 3.8) is 0 Å². The van der Waals surface area contributed by atoms with E-state index in [1.54, 1.807) is 0 Å². The molecule has 0 saturated heterocycles. The minimum absolute atomic E-state index is 0.0761. The molecule has 0 saturated carbocycles. The maximum Gasteiger partial charge on any atom is 0.245 e. The quantitative estimate of drug-likeness (QED) is 0.455. The van der Waals surface area contributed by atoms with Gasteiger partial charge in [-0.1, -0.05) is 6.92 Å². The van der Waals surface area contributed by atoms with E-state index in [2.05, 4.69) is 5.32 Å². The Morgan fingerprint density at radius 3 is 2.93 bits per heavy atom. The molecule has 15 heavy (non-hydrogen) atoms. The van der Waals surface area contributed by atoms with E-state index in [9.17, 15) is 4.79 Å². The number of amides is 1. The van der Waals surface area contributed by atoms with E-state index in [1.807, 2.05) is 6.92 Å². The Morgan fingerprint density at radius 2 is 2.33 bits per heavy atom. The largest absolute Gasteiger partial charge is 0.396 e. The maximum atomic E-state index is 11.1. The summed E-state index contributed by atoms with van der Waals surface area (Å²) >= 11 is 0. The average Bonchev–Trinajstić information content (AvgIpc) is 2.24. The fourth-order valence-electron chi connectivity index (χ4n) is 1.07. The van der Waals surface area contributed by atoms with Crippen molar-refractivity contribution in [3.8, 4) is 0 Å². The van der Waals surface area contributed by atoms with Crippen LogP contribution >= 0.6 is 0 Å². The van der Waals surface area contributed by atoms with Crippen LogP contribution in [0, 0.1) is 5.92 Å². The Bertz CT molecular complexity index is 165. The predicted octanol–water partition coefficient (Wildman–Crippen LogP) is -0.513. The summed E-state index contributed by atoms with van der Waals surface area (Å²) in [7, 11) is 0. The lowest BCUT2D eigenvalue weighted by atomic mass is 10.1.